The SMILES string of the molecule is N[C@@H]1CN(C(=O)c2ccc(Br)s2)C[C@H]1c1ccccc1. The number of hydrogen-bond acceptors (Lipinski definition) is 3. The number of thiophene rings is 1. The summed E-state index contributed by atoms with van der Waals surface area (Å²) in [6.45, 7) is 1.31. The van der Waals surface area contributed by atoms with Crippen molar-refractivity contribution in [2.45, 2.75) is 12.0 Å². The fourth-order valence-corrected chi connectivity index (χ4v) is 3.99. The van der Waals surface area contributed by atoms with E-state index in [1.165, 1.54) is 16.9 Å². The van der Waals surface area contributed by atoms with Gasteiger partial charge in [0.25, 0.3) is 5.91 Å². The average Bonchev–Trinajstić information content (AvgIpc) is 3.05. The first-order valence-electron chi connectivity index (χ1n) is 6.50. The summed E-state index contributed by atoms with van der Waals surface area (Å²) in [5, 5.41) is 0. The lowest BCUT2D eigenvalue weighted by atomic mass is 9.95. The maximum absolute atomic E-state index is 12.4. The maximum Gasteiger partial charge on any atom is 0.264 e. The lowest BCUT2D eigenvalue weighted by Gasteiger charge is -2.15. The Morgan fingerprint density at radius 1 is 1.20 bits per heavy atom. The van der Waals surface area contributed by atoms with Gasteiger partial charge in [-0.05, 0) is 33.6 Å². The number of rotatable bonds is 2. The van der Waals surface area contributed by atoms with Gasteiger partial charge in [0.05, 0.1) is 8.66 Å². The fourth-order valence-electron chi connectivity index (χ4n) is 2.63. The highest BCUT2D eigenvalue weighted by Gasteiger charge is 2.34. The lowest BCUT2D eigenvalue weighted by Crippen LogP contribution is -2.31. The van der Waals surface area contributed by atoms with Crippen molar-refractivity contribution in [3.8, 4) is 0 Å². The molecule has 2 aromatic rings. The molecule has 0 saturated carbocycles. The molecule has 1 aromatic heterocycles. The largest absolute Gasteiger partial charge is 0.336 e. The second-order valence-corrected chi connectivity index (χ2v) is 7.46. The highest BCUT2D eigenvalue weighted by molar-refractivity contribution is 9.11. The zero-order valence-corrected chi connectivity index (χ0v) is 13.2. The Balaban J connectivity index is 1.77. The van der Waals surface area contributed by atoms with E-state index in [2.05, 4.69) is 28.1 Å². The van der Waals surface area contributed by atoms with E-state index in [4.69, 9.17) is 5.73 Å². The van der Waals surface area contributed by atoms with Crippen molar-refractivity contribution in [3.63, 3.8) is 0 Å². The molecule has 0 unspecified atom stereocenters. The molecule has 2 heterocycles. The van der Waals surface area contributed by atoms with Crippen LogP contribution in [0.1, 0.15) is 21.2 Å². The van der Waals surface area contributed by atoms with Gasteiger partial charge in [0, 0.05) is 25.0 Å². The number of benzene rings is 1. The molecule has 104 valence electrons. The molecule has 3 nitrogen and oxygen atoms in total. The van der Waals surface area contributed by atoms with Crippen LogP contribution in [0.3, 0.4) is 0 Å². The van der Waals surface area contributed by atoms with Gasteiger partial charge in [-0.3, -0.25) is 4.79 Å². The Morgan fingerprint density at radius 3 is 2.60 bits per heavy atom. The molecule has 0 radical (unpaired) electrons. The van der Waals surface area contributed by atoms with Crippen molar-refractivity contribution in [1.82, 2.24) is 4.90 Å². The monoisotopic (exact) mass is 350 g/mol. The highest BCUT2D eigenvalue weighted by Crippen LogP contribution is 2.29. The Bertz CT molecular complexity index is 613. The standard InChI is InChI=1S/C15H15BrN2OS/c16-14-7-6-13(20-14)15(19)18-8-11(12(17)9-18)10-4-2-1-3-5-10/h1-7,11-12H,8-9,17H2/t11-,12+/m0/s1. The van der Waals surface area contributed by atoms with Crippen LogP contribution in [0.15, 0.2) is 46.3 Å². The predicted octanol–water partition coefficient (Wildman–Crippen LogP) is 3.08. The number of halogens is 1. The van der Waals surface area contributed by atoms with Gasteiger partial charge in [0.2, 0.25) is 0 Å². The molecule has 0 spiro atoms. The third-order valence-corrected chi connectivity index (χ3v) is 5.28. The van der Waals surface area contributed by atoms with Gasteiger partial charge in [-0.25, -0.2) is 0 Å². The van der Waals surface area contributed by atoms with Crippen molar-refractivity contribution < 1.29 is 4.79 Å². The molecule has 2 N–H and O–H groups in total. The van der Waals surface area contributed by atoms with E-state index in [0.29, 0.717) is 13.1 Å². The van der Waals surface area contributed by atoms with Gasteiger partial charge < -0.3 is 10.6 Å². The van der Waals surface area contributed by atoms with E-state index >= 15 is 0 Å². The summed E-state index contributed by atoms with van der Waals surface area (Å²) in [5.74, 6) is 0.304. The summed E-state index contributed by atoms with van der Waals surface area (Å²) in [6.07, 6.45) is 0. The topological polar surface area (TPSA) is 46.3 Å². The van der Waals surface area contributed by atoms with Crippen LogP contribution in [0, 0.1) is 0 Å². The molecule has 1 saturated heterocycles. The van der Waals surface area contributed by atoms with Crippen LogP contribution >= 0.6 is 27.3 Å². The van der Waals surface area contributed by atoms with Crippen molar-refractivity contribution in [2.75, 3.05) is 13.1 Å². The van der Waals surface area contributed by atoms with E-state index in [1.54, 1.807) is 0 Å². The molecule has 20 heavy (non-hydrogen) atoms. The van der Waals surface area contributed by atoms with Gasteiger partial charge in [-0.15, -0.1) is 11.3 Å². The molecule has 1 amide bonds. The van der Waals surface area contributed by atoms with Gasteiger partial charge in [0.1, 0.15) is 0 Å². The highest BCUT2D eigenvalue weighted by atomic mass is 79.9. The van der Waals surface area contributed by atoms with E-state index < -0.39 is 0 Å². The lowest BCUT2D eigenvalue weighted by molar-refractivity contribution is 0.0794. The summed E-state index contributed by atoms with van der Waals surface area (Å²) in [5.41, 5.74) is 7.43. The minimum absolute atomic E-state index is 0.00440. The number of carbonyl (C=O) groups excluding carboxylic acids is 1. The maximum atomic E-state index is 12.4. The minimum atomic E-state index is 0.00440. The normalized spacial score (nSPS) is 22.2. The Morgan fingerprint density at radius 2 is 1.95 bits per heavy atom. The van der Waals surface area contributed by atoms with Crippen molar-refractivity contribution in [2.24, 2.45) is 5.73 Å². The molecule has 2 atom stereocenters. The molecule has 5 heteroatoms. The van der Waals surface area contributed by atoms with Crippen LogP contribution in [0.2, 0.25) is 0 Å². The van der Waals surface area contributed by atoms with Crippen LogP contribution in [0.5, 0.6) is 0 Å². The second-order valence-electron chi connectivity index (χ2n) is 4.99. The van der Waals surface area contributed by atoms with Gasteiger partial charge in [0.15, 0.2) is 0 Å². The summed E-state index contributed by atoms with van der Waals surface area (Å²) >= 11 is 4.86. The first-order chi connectivity index (χ1) is 9.65. The van der Waals surface area contributed by atoms with Crippen LogP contribution < -0.4 is 5.73 Å². The first-order valence-corrected chi connectivity index (χ1v) is 8.11. The fraction of sp³-hybridized carbons (Fsp3) is 0.267. The third-order valence-electron chi connectivity index (χ3n) is 3.66. The van der Waals surface area contributed by atoms with E-state index in [1.807, 2.05) is 35.2 Å². The van der Waals surface area contributed by atoms with Gasteiger partial charge >= 0.3 is 0 Å². The van der Waals surface area contributed by atoms with Gasteiger partial charge in [-0.1, -0.05) is 30.3 Å². The van der Waals surface area contributed by atoms with Crippen molar-refractivity contribution >= 4 is 33.2 Å². The van der Waals surface area contributed by atoms with Crippen molar-refractivity contribution in [1.29, 1.82) is 0 Å². The first kappa shape index (κ1) is 13.8. The Kier molecular flexibility index (Phi) is 3.92. The quantitative estimate of drug-likeness (QED) is 0.904. The summed E-state index contributed by atoms with van der Waals surface area (Å²) in [6, 6.07) is 14.0. The van der Waals surface area contributed by atoms with Crippen LogP contribution in [0.4, 0.5) is 0 Å². The number of hydrogen-bond donors (Lipinski definition) is 1. The molecule has 3 rings (SSSR count). The number of likely N-dealkylation sites (tertiary alicyclic amines) is 1. The third kappa shape index (κ3) is 2.66. The molecule has 1 aliphatic rings. The average molecular weight is 351 g/mol. The summed E-state index contributed by atoms with van der Waals surface area (Å²) < 4.78 is 0.976. The molecule has 0 bridgehead atoms. The second kappa shape index (κ2) is 5.68. The number of carbonyl (C=O) groups is 1. The van der Waals surface area contributed by atoms with E-state index in [-0.39, 0.29) is 17.9 Å². The number of nitrogens with zero attached hydrogens (tertiary/aromatic N) is 1. The Labute approximate surface area is 130 Å². The molecule has 1 aromatic carbocycles. The molecule has 1 aliphatic heterocycles. The van der Waals surface area contributed by atoms with E-state index in [9.17, 15) is 4.79 Å². The van der Waals surface area contributed by atoms with E-state index in [0.717, 1.165) is 8.66 Å². The minimum Gasteiger partial charge on any atom is -0.336 e. The van der Waals surface area contributed by atoms with Gasteiger partial charge in [-0.2, -0.15) is 0 Å². The predicted molar refractivity (Wildman–Crippen MR) is 85.1 cm³/mol. The zero-order valence-electron chi connectivity index (χ0n) is 10.8. The number of amides is 1. The summed E-state index contributed by atoms with van der Waals surface area (Å²) in [7, 11) is 0. The molecular weight excluding hydrogens is 336 g/mol. The molecule has 0 aliphatic carbocycles. The molecule has 1 fully saturated rings. The van der Waals surface area contributed by atoms with Crippen LogP contribution in [-0.4, -0.2) is 29.9 Å². The number of nitrogens with two attached hydrogens (primary N) is 1. The summed E-state index contributed by atoms with van der Waals surface area (Å²) in [4.78, 5) is 15.1. The Hall–Kier alpha value is -1.17. The molecular formula is C15H15BrN2OS. The zero-order chi connectivity index (χ0) is 14.1. The smallest absolute Gasteiger partial charge is 0.264 e. The van der Waals surface area contributed by atoms with Crippen LogP contribution in [0.25, 0.3) is 0 Å². The van der Waals surface area contributed by atoms with Crippen LogP contribution in [-0.2, 0) is 0 Å². The van der Waals surface area contributed by atoms with Crippen molar-refractivity contribution in [3.05, 3.63) is 56.7 Å².